The van der Waals surface area contributed by atoms with Gasteiger partial charge in [0.1, 0.15) is 0 Å². The van der Waals surface area contributed by atoms with Crippen LogP contribution in [0.25, 0.3) is 6.08 Å². The number of carbonyl (C=O) groups is 1. The molecule has 1 rings (SSSR count). The summed E-state index contributed by atoms with van der Waals surface area (Å²) in [7, 11) is 1.83. The lowest BCUT2D eigenvalue weighted by atomic mass is 10.2. The number of aromatic nitrogens is 2. The minimum atomic E-state index is -0.921. The van der Waals surface area contributed by atoms with E-state index in [0.717, 1.165) is 11.3 Å². The molecule has 0 saturated heterocycles. The lowest BCUT2D eigenvalue weighted by Crippen LogP contribution is -1.96. The number of rotatable bonds is 3. The molecule has 0 aromatic carbocycles. The summed E-state index contributed by atoms with van der Waals surface area (Å²) in [5.41, 5.74) is 2.09. The zero-order chi connectivity index (χ0) is 11.4. The topological polar surface area (TPSA) is 55.1 Å². The molecule has 0 radical (unpaired) electrons. The number of hydrogen-bond donors (Lipinski definition) is 1. The van der Waals surface area contributed by atoms with Gasteiger partial charge in [0, 0.05) is 18.8 Å². The highest BCUT2D eigenvalue weighted by atomic mass is 16.4. The van der Waals surface area contributed by atoms with Crippen LogP contribution in [0.5, 0.6) is 0 Å². The number of allylic oxidation sites excluding steroid dienone is 1. The lowest BCUT2D eigenvalue weighted by molar-refractivity contribution is -0.132. The summed E-state index contributed by atoms with van der Waals surface area (Å²) in [6, 6.07) is 0. The minimum absolute atomic E-state index is 0.276. The fourth-order valence-electron chi connectivity index (χ4n) is 1.25. The molecule has 1 heterocycles. The van der Waals surface area contributed by atoms with Gasteiger partial charge in [-0.2, -0.15) is 5.10 Å². The van der Waals surface area contributed by atoms with E-state index in [1.807, 2.05) is 20.2 Å². The SMILES string of the molecule is C/C=C(\C=C/c1cn(C)nc1C)C(=O)O. The molecular formula is C11H14N2O2. The van der Waals surface area contributed by atoms with Gasteiger partial charge in [-0.1, -0.05) is 12.2 Å². The Bertz CT molecular complexity index is 428. The van der Waals surface area contributed by atoms with Crippen LogP contribution in [0.3, 0.4) is 0 Å². The third kappa shape index (κ3) is 2.80. The van der Waals surface area contributed by atoms with Crippen molar-refractivity contribution in [3.63, 3.8) is 0 Å². The van der Waals surface area contributed by atoms with Crippen molar-refractivity contribution in [2.24, 2.45) is 7.05 Å². The summed E-state index contributed by atoms with van der Waals surface area (Å²) in [5, 5.41) is 12.9. The Labute approximate surface area is 88.5 Å². The first kappa shape index (κ1) is 11.2. The maximum atomic E-state index is 10.7. The molecule has 0 unspecified atom stereocenters. The Kier molecular flexibility index (Phi) is 3.44. The van der Waals surface area contributed by atoms with Crippen molar-refractivity contribution in [2.45, 2.75) is 13.8 Å². The van der Waals surface area contributed by atoms with Gasteiger partial charge in [-0.3, -0.25) is 4.68 Å². The Balaban J connectivity index is 2.90. The average Bonchev–Trinajstić information content (AvgIpc) is 2.45. The quantitative estimate of drug-likeness (QED) is 0.605. The fourth-order valence-corrected chi connectivity index (χ4v) is 1.25. The molecule has 0 amide bonds. The Morgan fingerprint density at radius 2 is 2.27 bits per heavy atom. The summed E-state index contributed by atoms with van der Waals surface area (Å²) in [5.74, 6) is -0.921. The second-order valence-corrected chi connectivity index (χ2v) is 3.23. The molecule has 1 aromatic heterocycles. The molecule has 0 saturated carbocycles. The standard InChI is InChI=1S/C11H14N2O2/c1-4-9(11(14)15)5-6-10-7-13(3)12-8(10)2/h4-7H,1-3H3,(H,14,15)/b6-5-,9-4+. The molecule has 0 atom stereocenters. The van der Waals surface area contributed by atoms with Crippen molar-refractivity contribution in [1.82, 2.24) is 9.78 Å². The molecular weight excluding hydrogens is 192 g/mol. The number of nitrogens with zero attached hydrogens (tertiary/aromatic N) is 2. The van der Waals surface area contributed by atoms with E-state index in [1.54, 1.807) is 29.8 Å². The molecule has 0 spiro atoms. The molecule has 15 heavy (non-hydrogen) atoms. The van der Waals surface area contributed by atoms with Gasteiger partial charge >= 0.3 is 5.97 Å². The van der Waals surface area contributed by atoms with Crippen LogP contribution in [0.2, 0.25) is 0 Å². The number of hydrogen-bond acceptors (Lipinski definition) is 2. The van der Waals surface area contributed by atoms with Gasteiger partial charge in [0.05, 0.1) is 11.3 Å². The smallest absolute Gasteiger partial charge is 0.335 e. The van der Waals surface area contributed by atoms with E-state index < -0.39 is 5.97 Å². The summed E-state index contributed by atoms with van der Waals surface area (Å²) in [6.45, 7) is 3.58. The van der Waals surface area contributed by atoms with E-state index in [2.05, 4.69) is 5.10 Å². The Morgan fingerprint density at radius 3 is 2.67 bits per heavy atom. The molecule has 1 aromatic rings. The van der Waals surface area contributed by atoms with Crippen molar-refractivity contribution >= 4 is 12.0 Å². The van der Waals surface area contributed by atoms with Gasteiger partial charge < -0.3 is 5.11 Å². The minimum Gasteiger partial charge on any atom is -0.478 e. The number of aliphatic carboxylic acids is 1. The highest BCUT2D eigenvalue weighted by Gasteiger charge is 2.02. The highest BCUT2D eigenvalue weighted by Crippen LogP contribution is 2.09. The Hall–Kier alpha value is -1.84. The van der Waals surface area contributed by atoms with Gasteiger partial charge in [-0.25, -0.2) is 4.79 Å². The van der Waals surface area contributed by atoms with Gasteiger partial charge in [0.25, 0.3) is 0 Å². The lowest BCUT2D eigenvalue weighted by Gasteiger charge is -1.92. The molecule has 80 valence electrons. The molecule has 0 aliphatic carbocycles. The zero-order valence-corrected chi connectivity index (χ0v) is 9.06. The van der Waals surface area contributed by atoms with E-state index in [9.17, 15) is 4.79 Å². The van der Waals surface area contributed by atoms with Crippen LogP contribution < -0.4 is 0 Å². The van der Waals surface area contributed by atoms with Crippen molar-refractivity contribution in [3.8, 4) is 0 Å². The summed E-state index contributed by atoms with van der Waals surface area (Å²) >= 11 is 0. The number of aryl methyl sites for hydroxylation is 2. The first-order chi connectivity index (χ1) is 7.04. The van der Waals surface area contributed by atoms with E-state index >= 15 is 0 Å². The van der Waals surface area contributed by atoms with Gasteiger partial charge in [0.2, 0.25) is 0 Å². The van der Waals surface area contributed by atoms with Crippen LogP contribution >= 0.6 is 0 Å². The molecule has 4 heteroatoms. The molecule has 4 nitrogen and oxygen atoms in total. The number of carboxylic acid groups (broad SMARTS) is 1. The third-order valence-corrected chi connectivity index (χ3v) is 2.05. The molecule has 0 aliphatic heterocycles. The van der Waals surface area contributed by atoms with Crippen LogP contribution in [0.4, 0.5) is 0 Å². The van der Waals surface area contributed by atoms with Crippen molar-refractivity contribution in [3.05, 3.63) is 35.2 Å². The van der Waals surface area contributed by atoms with E-state index in [0.29, 0.717) is 0 Å². The van der Waals surface area contributed by atoms with Gasteiger partial charge in [-0.05, 0) is 19.9 Å². The van der Waals surface area contributed by atoms with Crippen LogP contribution in [-0.2, 0) is 11.8 Å². The second-order valence-electron chi connectivity index (χ2n) is 3.23. The average molecular weight is 206 g/mol. The first-order valence-corrected chi connectivity index (χ1v) is 4.62. The molecule has 0 aliphatic rings. The summed E-state index contributed by atoms with van der Waals surface area (Å²) in [6.07, 6.45) is 6.74. The molecule has 1 N–H and O–H groups in total. The van der Waals surface area contributed by atoms with Crippen LogP contribution in [-0.4, -0.2) is 20.9 Å². The maximum Gasteiger partial charge on any atom is 0.335 e. The van der Waals surface area contributed by atoms with E-state index in [-0.39, 0.29) is 5.57 Å². The third-order valence-electron chi connectivity index (χ3n) is 2.05. The summed E-state index contributed by atoms with van der Waals surface area (Å²) < 4.78 is 1.70. The monoisotopic (exact) mass is 206 g/mol. The predicted molar refractivity (Wildman–Crippen MR) is 58.4 cm³/mol. The zero-order valence-electron chi connectivity index (χ0n) is 9.06. The summed E-state index contributed by atoms with van der Waals surface area (Å²) in [4.78, 5) is 10.7. The van der Waals surface area contributed by atoms with Crippen molar-refractivity contribution in [2.75, 3.05) is 0 Å². The molecule has 0 fully saturated rings. The molecule has 0 bridgehead atoms. The maximum absolute atomic E-state index is 10.7. The first-order valence-electron chi connectivity index (χ1n) is 4.62. The second kappa shape index (κ2) is 4.59. The van der Waals surface area contributed by atoms with Gasteiger partial charge in [-0.15, -0.1) is 0 Å². The highest BCUT2D eigenvalue weighted by molar-refractivity contribution is 5.91. The van der Waals surface area contributed by atoms with E-state index in [1.165, 1.54) is 0 Å². The van der Waals surface area contributed by atoms with E-state index in [4.69, 9.17) is 5.11 Å². The largest absolute Gasteiger partial charge is 0.478 e. The van der Waals surface area contributed by atoms with Crippen LogP contribution in [0.1, 0.15) is 18.2 Å². The van der Waals surface area contributed by atoms with Crippen molar-refractivity contribution < 1.29 is 9.90 Å². The van der Waals surface area contributed by atoms with Crippen LogP contribution in [0, 0.1) is 6.92 Å². The van der Waals surface area contributed by atoms with Crippen molar-refractivity contribution in [1.29, 1.82) is 0 Å². The van der Waals surface area contributed by atoms with Crippen LogP contribution in [0.15, 0.2) is 23.9 Å². The van der Waals surface area contributed by atoms with Gasteiger partial charge in [0.15, 0.2) is 0 Å². The Morgan fingerprint density at radius 1 is 1.60 bits per heavy atom. The predicted octanol–water partition coefficient (Wildman–Crippen LogP) is 1.77. The fraction of sp³-hybridized carbons (Fsp3) is 0.273. The number of carboxylic acids is 1. The normalized spacial score (nSPS) is 12.3.